The van der Waals surface area contributed by atoms with Crippen molar-refractivity contribution in [1.82, 2.24) is 14.8 Å². The van der Waals surface area contributed by atoms with Crippen LogP contribution in [0.15, 0.2) is 53.7 Å². The van der Waals surface area contributed by atoms with Crippen LogP contribution in [0.25, 0.3) is 0 Å². The third kappa shape index (κ3) is 4.28. The molecule has 1 fully saturated rings. The zero-order chi connectivity index (χ0) is 19.5. The second-order valence-electron chi connectivity index (χ2n) is 6.43. The number of rotatable bonds is 8. The van der Waals surface area contributed by atoms with Crippen LogP contribution in [0.5, 0.6) is 5.75 Å². The summed E-state index contributed by atoms with van der Waals surface area (Å²) in [6.07, 6.45) is 2.17. The maximum atomic E-state index is 10.9. The summed E-state index contributed by atoms with van der Waals surface area (Å²) in [5, 5.41) is 20.9. The standard InChI is InChI=1S/C19H17ClN4O3S/c20-16-6-1-2-7-17(16)27-11-18-21-22-19(23(18)14-8-9-14)28-12-13-4-3-5-15(10-13)24(25)26/h1-7,10,14H,8-9,11-12H2. The Morgan fingerprint density at radius 1 is 1.21 bits per heavy atom. The Morgan fingerprint density at radius 3 is 2.79 bits per heavy atom. The van der Waals surface area contributed by atoms with E-state index in [9.17, 15) is 10.1 Å². The summed E-state index contributed by atoms with van der Waals surface area (Å²) < 4.78 is 7.93. The topological polar surface area (TPSA) is 83.1 Å². The highest BCUT2D eigenvalue weighted by Crippen LogP contribution is 2.39. The lowest BCUT2D eigenvalue weighted by Gasteiger charge is -2.10. The van der Waals surface area contributed by atoms with Crippen LogP contribution in [0, 0.1) is 10.1 Å². The number of nitro groups is 1. The van der Waals surface area contributed by atoms with Crippen LogP contribution in [-0.2, 0) is 12.4 Å². The molecule has 2 aromatic carbocycles. The molecule has 1 saturated carbocycles. The first-order chi connectivity index (χ1) is 13.6. The number of hydrogen-bond acceptors (Lipinski definition) is 6. The van der Waals surface area contributed by atoms with Crippen molar-refractivity contribution < 1.29 is 9.66 Å². The maximum absolute atomic E-state index is 10.9. The molecule has 0 unspecified atom stereocenters. The molecule has 9 heteroatoms. The summed E-state index contributed by atoms with van der Waals surface area (Å²) in [4.78, 5) is 10.6. The van der Waals surface area contributed by atoms with Gasteiger partial charge in [0.05, 0.1) is 9.95 Å². The van der Waals surface area contributed by atoms with Crippen molar-refractivity contribution in [2.24, 2.45) is 0 Å². The van der Waals surface area contributed by atoms with E-state index >= 15 is 0 Å². The summed E-state index contributed by atoms with van der Waals surface area (Å²) in [7, 11) is 0. The molecule has 28 heavy (non-hydrogen) atoms. The monoisotopic (exact) mass is 416 g/mol. The number of non-ortho nitro benzene ring substituents is 1. The quantitative estimate of drug-likeness (QED) is 0.290. The zero-order valence-corrected chi connectivity index (χ0v) is 16.4. The lowest BCUT2D eigenvalue weighted by atomic mass is 10.2. The van der Waals surface area contributed by atoms with E-state index in [1.54, 1.807) is 18.2 Å². The summed E-state index contributed by atoms with van der Waals surface area (Å²) in [6.45, 7) is 0.282. The molecule has 1 aliphatic carbocycles. The fourth-order valence-electron chi connectivity index (χ4n) is 2.82. The van der Waals surface area contributed by atoms with Gasteiger partial charge in [-0.1, -0.05) is 47.6 Å². The number of benzene rings is 2. The summed E-state index contributed by atoms with van der Waals surface area (Å²) in [5.74, 6) is 1.95. The van der Waals surface area contributed by atoms with Gasteiger partial charge in [0.1, 0.15) is 12.4 Å². The fourth-order valence-corrected chi connectivity index (χ4v) is 3.97. The molecule has 0 spiro atoms. The van der Waals surface area contributed by atoms with E-state index in [0.717, 1.165) is 29.4 Å². The summed E-state index contributed by atoms with van der Waals surface area (Å²) in [5.41, 5.74) is 0.967. The highest BCUT2D eigenvalue weighted by Gasteiger charge is 2.30. The number of nitrogens with zero attached hydrogens (tertiary/aromatic N) is 4. The second kappa shape index (κ2) is 8.20. The normalized spacial score (nSPS) is 13.5. The molecule has 0 amide bonds. The SMILES string of the molecule is O=[N+]([O-])c1cccc(CSc2nnc(COc3ccccc3Cl)n2C2CC2)c1. The van der Waals surface area contributed by atoms with Crippen molar-refractivity contribution in [2.75, 3.05) is 0 Å². The van der Waals surface area contributed by atoms with E-state index in [1.165, 1.54) is 17.8 Å². The Hall–Kier alpha value is -2.58. The smallest absolute Gasteiger partial charge is 0.269 e. The van der Waals surface area contributed by atoms with Gasteiger partial charge in [0.25, 0.3) is 5.69 Å². The van der Waals surface area contributed by atoms with Crippen LogP contribution in [0.3, 0.4) is 0 Å². The third-order valence-electron chi connectivity index (χ3n) is 4.33. The van der Waals surface area contributed by atoms with Crippen molar-refractivity contribution in [3.63, 3.8) is 0 Å². The summed E-state index contributed by atoms with van der Waals surface area (Å²) >= 11 is 7.66. The molecule has 0 atom stereocenters. The maximum Gasteiger partial charge on any atom is 0.269 e. The minimum absolute atomic E-state index is 0.0931. The lowest BCUT2D eigenvalue weighted by Crippen LogP contribution is -2.07. The van der Waals surface area contributed by atoms with E-state index in [1.807, 2.05) is 24.3 Å². The lowest BCUT2D eigenvalue weighted by molar-refractivity contribution is -0.384. The largest absolute Gasteiger partial charge is 0.484 e. The second-order valence-corrected chi connectivity index (χ2v) is 7.78. The van der Waals surface area contributed by atoms with Gasteiger partial charge in [0.15, 0.2) is 11.0 Å². The number of ether oxygens (including phenoxy) is 1. The number of halogens is 1. The Balaban J connectivity index is 1.47. The Labute approximate surface area is 170 Å². The average Bonchev–Trinajstić information content (AvgIpc) is 3.46. The molecule has 0 N–H and O–H groups in total. The molecule has 1 aromatic heterocycles. The van der Waals surface area contributed by atoms with Crippen LogP contribution in [-0.4, -0.2) is 19.7 Å². The minimum atomic E-state index is -0.384. The number of nitro benzene ring substituents is 1. The fraction of sp³-hybridized carbons (Fsp3) is 0.263. The summed E-state index contributed by atoms with van der Waals surface area (Å²) in [6, 6.07) is 14.4. The average molecular weight is 417 g/mol. The van der Waals surface area contributed by atoms with E-state index in [-0.39, 0.29) is 17.2 Å². The van der Waals surface area contributed by atoms with Crippen molar-refractivity contribution in [3.05, 3.63) is 75.1 Å². The van der Waals surface area contributed by atoms with E-state index in [4.69, 9.17) is 16.3 Å². The van der Waals surface area contributed by atoms with Crippen LogP contribution in [0.1, 0.15) is 30.3 Å². The van der Waals surface area contributed by atoms with Gasteiger partial charge in [-0.15, -0.1) is 10.2 Å². The van der Waals surface area contributed by atoms with Gasteiger partial charge < -0.3 is 4.74 Å². The number of aromatic nitrogens is 3. The first-order valence-corrected chi connectivity index (χ1v) is 10.2. The van der Waals surface area contributed by atoms with Crippen molar-refractivity contribution in [2.45, 2.75) is 36.4 Å². The first-order valence-electron chi connectivity index (χ1n) is 8.79. The van der Waals surface area contributed by atoms with Gasteiger partial charge in [-0.05, 0) is 30.5 Å². The molecule has 1 heterocycles. The first kappa shape index (κ1) is 18.8. The Kier molecular flexibility index (Phi) is 5.50. The van der Waals surface area contributed by atoms with Crippen molar-refractivity contribution >= 4 is 29.1 Å². The van der Waals surface area contributed by atoms with Crippen LogP contribution >= 0.6 is 23.4 Å². The van der Waals surface area contributed by atoms with Crippen LogP contribution in [0.2, 0.25) is 5.02 Å². The van der Waals surface area contributed by atoms with Crippen molar-refractivity contribution in [3.8, 4) is 5.75 Å². The van der Waals surface area contributed by atoms with Gasteiger partial charge in [0, 0.05) is 23.9 Å². The van der Waals surface area contributed by atoms with Crippen molar-refractivity contribution in [1.29, 1.82) is 0 Å². The molecule has 0 saturated heterocycles. The molecule has 0 bridgehead atoms. The van der Waals surface area contributed by atoms with E-state index < -0.39 is 0 Å². The Bertz CT molecular complexity index is 1010. The molecule has 3 aromatic rings. The predicted octanol–water partition coefficient (Wildman–Crippen LogP) is 5.05. The number of para-hydroxylation sites is 1. The zero-order valence-electron chi connectivity index (χ0n) is 14.8. The highest BCUT2D eigenvalue weighted by molar-refractivity contribution is 7.98. The van der Waals surface area contributed by atoms with Gasteiger partial charge >= 0.3 is 0 Å². The molecular formula is C19H17ClN4O3S. The van der Waals surface area contributed by atoms with Gasteiger partial charge in [0.2, 0.25) is 0 Å². The van der Waals surface area contributed by atoms with Gasteiger partial charge in [-0.3, -0.25) is 14.7 Å². The Morgan fingerprint density at radius 2 is 2.04 bits per heavy atom. The molecular weight excluding hydrogens is 400 g/mol. The number of hydrogen-bond donors (Lipinski definition) is 0. The minimum Gasteiger partial charge on any atom is -0.484 e. The molecule has 0 aliphatic heterocycles. The van der Waals surface area contributed by atoms with Gasteiger partial charge in [-0.2, -0.15) is 0 Å². The van der Waals surface area contributed by atoms with Crippen LogP contribution in [0.4, 0.5) is 5.69 Å². The van der Waals surface area contributed by atoms with Crippen LogP contribution < -0.4 is 4.74 Å². The number of thioether (sulfide) groups is 1. The molecule has 4 rings (SSSR count). The highest BCUT2D eigenvalue weighted by atomic mass is 35.5. The third-order valence-corrected chi connectivity index (χ3v) is 5.66. The molecule has 1 aliphatic rings. The molecule has 0 radical (unpaired) electrons. The molecule has 7 nitrogen and oxygen atoms in total. The molecule has 144 valence electrons. The van der Waals surface area contributed by atoms with Gasteiger partial charge in [-0.25, -0.2) is 0 Å². The predicted molar refractivity (Wildman–Crippen MR) is 107 cm³/mol. The van der Waals surface area contributed by atoms with E-state index in [0.29, 0.717) is 22.6 Å². The van der Waals surface area contributed by atoms with E-state index in [2.05, 4.69) is 14.8 Å².